The largest absolute Gasteiger partial charge is 0.421 e. The Morgan fingerprint density at radius 3 is 2.61 bits per heavy atom. The summed E-state index contributed by atoms with van der Waals surface area (Å²) in [5.74, 6) is -1.04. The zero-order valence-corrected chi connectivity index (χ0v) is 15.3. The van der Waals surface area contributed by atoms with Crippen LogP contribution < -0.4 is 16.4 Å². The minimum atomic E-state index is -4.58. The van der Waals surface area contributed by atoms with Crippen molar-refractivity contribution in [2.24, 2.45) is 11.7 Å². The van der Waals surface area contributed by atoms with Crippen LogP contribution in [0.2, 0.25) is 0 Å². The molecule has 152 valence electrons. The van der Waals surface area contributed by atoms with Gasteiger partial charge in [-0.1, -0.05) is 6.08 Å². The van der Waals surface area contributed by atoms with Crippen LogP contribution in [-0.2, 0) is 20.4 Å². The lowest BCUT2D eigenvalue weighted by atomic mass is 9.75. The summed E-state index contributed by atoms with van der Waals surface area (Å²) in [5, 5.41) is 5.37. The number of hydrogen-bond acceptors (Lipinski definition) is 7. The number of rotatable bonds is 6. The number of alkyl halides is 3. The van der Waals surface area contributed by atoms with E-state index in [0.29, 0.717) is 30.7 Å². The van der Waals surface area contributed by atoms with Gasteiger partial charge in [-0.25, -0.2) is 4.98 Å². The van der Waals surface area contributed by atoms with Crippen LogP contribution in [0.5, 0.6) is 0 Å². The maximum Gasteiger partial charge on any atom is 0.421 e. The molecule has 28 heavy (non-hydrogen) atoms. The lowest BCUT2D eigenvalue weighted by molar-refractivity contribution is -0.145. The number of carbonyl (C=O) groups excluding carboxylic acids is 1. The molecule has 3 rings (SSSR count). The van der Waals surface area contributed by atoms with Crippen LogP contribution >= 0.6 is 0 Å². The first-order chi connectivity index (χ1) is 13.2. The number of ether oxygens (including phenoxy) is 2. The van der Waals surface area contributed by atoms with E-state index in [2.05, 4.69) is 20.6 Å². The molecule has 0 radical (unpaired) electrons. The van der Waals surface area contributed by atoms with Gasteiger partial charge in [0.15, 0.2) is 0 Å². The van der Waals surface area contributed by atoms with Crippen molar-refractivity contribution in [3.05, 3.63) is 35.2 Å². The zero-order valence-electron chi connectivity index (χ0n) is 15.3. The Kier molecular flexibility index (Phi) is 5.31. The third kappa shape index (κ3) is 3.54. The fourth-order valence-electron chi connectivity index (χ4n) is 3.26. The van der Waals surface area contributed by atoms with Gasteiger partial charge in [-0.15, -0.1) is 0 Å². The molecule has 1 atom stereocenters. The van der Waals surface area contributed by atoms with Gasteiger partial charge in [-0.3, -0.25) is 4.79 Å². The SMILES string of the molecule is CNc1nc(NC2=CC=C(C(N)=O)CC2(OC)C2COC2)ncc1C(F)(F)F. The van der Waals surface area contributed by atoms with Crippen molar-refractivity contribution in [3.63, 3.8) is 0 Å². The number of aromatic nitrogens is 2. The van der Waals surface area contributed by atoms with E-state index in [0.717, 1.165) is 0 Å². The average Bonchev–Trinajstić information content (AvgIpc) is 2.60. The van der Waals surface area contributed by atoms with E-state index >= 15 is 0 Å². The van der Waals surface area contributed by atoms with Gasteiger partial charge in [0.2, 0.25) is 11.9 Å². The van der Waals surface area contributed by atoms with Crippen LogP contribution in [0.4, 0.5) is 24.9 Å². The van der Waals surface area contributed by atoms with E-state index in [4.69, 9.17) is 15.2 Å². The monoisotopic (exact) mass is 399 g/mol. The quantitative estimate of drug-likeness (QED) is 0.667. The summed E-state index contributed by atoms with van der Waals surface area (Å²) in [6, 6.07) is 0. The summed E-state index contributed by atoms with van der Waals surface area (Å²) in [6.07, 6.45) is -0.531. The van der Waals surface area contributed by atoms with Crippen molar-refractivity contribution in [2.45, 2.75) is 18.2 Å². The van der Waals surface area contributed by atoms with Gasteiger partial charge < -0.3 is 25.8 Å². The normalized spacial score (nSPS) is 22.8. The molecule has 0 aromatic carbocycles. The van der Waals surface area contributed by atoms with Crippen LogP contribution in [0.1, 0.15) is 12.0 Å². The van der Waals surface area contributed by atoms with Gasteiger partial charge in [0.1, 0.15) is 17.0 Å². The van der Waals surface area contributed by atoms with E-state index in [-0.39, 0.29) is 24.1 Å². The van der Waals surface area contributed by atoms with E-state index in [1.165, 1.54) is 14.2 Å². The highest BCUT2D eigenvalue weighted by Crippen LogP contribution is 2.42. The first-order valence-corrected chi connectivity index (χ1v) is 8.44. The average molecular weight is 399 g/mol. The number of amides is 1. The molecule has 0 saturated carbocycles. The molecule has 1 aromatic heterocycles. The second kappa shape index (κ2) is 7.40. The molecule has 1 aromatic rings. The topological polar surface area (TPSA) is 111 Å². The van der Waals surface area contributed by atoms with Crippen LogP contribution in [0.3, 0.4) is 0 Å². The highest BCUT2D eigenvalue weighted by molar-refractivity contribution is 5.93. The van der Waals surface area contributed by atoms with Gasteiger partial charge >= 0.3 is 6.18 Å². The molecule has 2 heterocycles. The third-order valence-electron chi connectivity index (χ3n) is 4.92. The Labute approximate surface area is 159 Å². The standard InChI is InChI=1S/C17H20F3N5O3/c1-22-14-11(17(18,19)20)6-23-15(25-14)24-12-4-3-9(13(21)26)5-16(12,27-2)10-7-28-8-10/h3-4,6,10H,5,7-8H2,1-2H3,(H2,21,26)(H2,22,23,24,25). The first kappa shape index (κ1) is 20.1. The minimum absolute atomic E-state index is 0.0406. The molecule has 8 nitrogen and oxygen atoms in total. The predicted octanol–water partition coefficient (Wildman–Crippen LogP) is 1.68. The molecule has 0 bridgehead atoms. The Bertz CT molecular complexity index is 836. The highest BCUT2D eigenvalue weighted by atomic mass is 19.4. The highest BCUT2D eigenvalue weighted by Gasteiger charge is 2.49. The maximum atomic E-state index is 13.0. The molecule has 1 aliphatic carbocycles. The summed E-state index contributed by atoms with van der Waals surface area (Å²) in [4.78, 5) is 19.3. The molecule has 1 aliphatic heterocycles. The van der Waals surface area contributed by atoms with E-state index < -0.39 is 23.2 Å². The summed E-state index contributed by atoms with van der Waals surface area (Å²) in [5.41, 5.74) is 4.37. The number of nitrogens with two attached hydrogens (primary N) is 1. The van der Waals surface area contributed by atoms with Crippen LogP contribution in [0.25, 0.3) is 0 Å². The van der Waals surface area contributed by atoms with Gasteiger partial charge in [0.05, 0.1) is 18.9 Å². The Morgan fingerprint density at radius 1 is 1.39 bits per heavy atom. The molecule has 1 fully saturated rings. The zero-order chi connectivity index (χ0) is 20.5. The summed E-state index contributed by atoms with van der Waals surface area (Å²) in [6.45, 7) is 0.822. The summed E-state index contributed by atoms with van der Waals surface area (Å²) < 4.78 is 50.2. The summed E-state index contributed by atoms with van der Waals surface area (Å²) >= 11 is 0. The number of carbonyl (C=O) groups is 1. The van der Waals surface area contributed by atoms with Crippen molar-refractivity contribution in [2.75, 3.05) is 38.0 Å². The fourth-order valence-corrected chi connectivity index (χ4v) is 3.26. The van der Waals surface area contributed by atoms with E-state index in [1.54, 1.807) is 12.2 Å². The second-order valence-corrected chi connectivity index (χ2v) is 6.47. The number of nitrogens with zero attached hydrogens (tertiary/aromatic N) is 2. The molecular formula is C17H20F3N5O3. The molecule has 1 unspecified atom stereocenters. The lowest BCUT2D eigenvalue weighted by Crippen LogP contribution is -2.54. The predicted molar refractivity (Wildman–Crippen MR) is 94.2 cm³/mol. The number of primary amides is 1. The van der Waals surface area contributed by atoms with Crippen LogP contribution in [0, 0.1) is 5.92 Å². The molecular weight excluding hydrogens is 379 g/mol. The van der Waals surface area contributed by atoms with Crippen molar-refractivity contribution in [1.82, 2.24) is 9.97 Å². The summed E-state index contributed by atoms with van der Waals surface area (Å²) in [7, 11) is 2.83. The van der Waals surface area contributed by atoms with Gasteiger partial charge in [0.25, 0.3) is 0 Å². The van der Waals surface area contributed by atoms with E-state index in [1.807, 2.05) is 0 Å². The number of methoxy groups -OCH3 is 1. The van der Waals surface area contributed by atoms with E-state index in [9.17, 15) is 18.0 Å². The Balaban J connectivity index is 1.97. The van der Waals surface area contributed by atoms with Crippen LogP contribution in [-0.4, -0.2) is 48.8 Å². The Hall–Kier alpha value is -2.66. The lowest BCUT2D eigenvalue weighted by Gasteiger charge is -2.46. The molecule has 11 heteroatoms. The van der Waals surface area contributed by atoms with Gasteiger partial charge in [-0.2, -0.15) is 18.2 Å². The molecule has 0 spiro atoms. The number of anilines is 2. The number of hydrogen-bond donors (Lipinski definition) is 3. The number of allylic oxidation sites excluding steroid dienone is 2. The van der Waals surface area contributed by atoms with Crippen molar-refractivity contribution >= 4 is 17.7 Å². The number of halogens is 3. The van der Waals surface area contributed by atoms with Crippen molar-refractivity contribution in [3.8, 4) is 0 Å². The molecule has 1 saturated heterocycles. The van der Waals surface area contributed by atoms with Crippen LogP contribution in [0.15, 0.2) is 29.6 Å². The fraction of sp³-hybridized carbons (Fsp3) is 0.471. The number of nitrogens with one attached hydrogen (secondary N) is 2. The maximum absolute atomic E-state index is 13.0. The minimum Gasteiger partial charge on any atom is -0.380 e. The van der Waals surface area contributed by atoms with Gasteiger partial charge in [0, 0.05) is 38.3 Å². The molecule has 4 N–H and O–H groups in total. The molecule has 2 aliphatic rings. The first-order valence-electron chi connectivity index (χ1n) is 8.44. The second-order valence-electron chi connectivity index (χ2n) is 6.47. The van der Waals surface area contributed by atoms with Crippen molar-refractivity contribution in [1.29, 1.82) is 0 Å². The smallest absolute Gasteiger partial charge is 0.380 e. The van der Waals surface area contributed by atoms with Crippen molar-refractivity contribution < 1.29 is 27.4 Å². The third-order valence-corrected chi connectivity index (χ3v) is 4.92. The molecule has 1 amide bonds. The van der Waals surface area contributed by atoms with Gasteiger partial charge in [-0.05, 0) is 6.08 Å². The Morgan fingerprint density at radius 2 is 2.11 bits per heavy atom.